The molecule has 0 spiro atoms. The molecule has 5 atom stereocenters. The van der Waals surface area contributed by atoms with Gasteiger partial charge in [-0.15, -0.1) is 0 Å². The van der Waals surface area contributed by atoms with Crippen LogP contribution < -0.4 is 20.7 Å². The Bertz CT molecular complexity index is 1200. The summed E-state index contributed by atoms with van der Waals surface area (Å²) >= 11 is 0. The van der Waals surface area contributed by atoms with Crippen LogP contribution in [0.25, 0.3) is 5.70 Å². The fraction of sp³-hybridized carbons (Fsp3) is 0.435. The lowest BCUT2D eigenvalue weighted by Crippen LogP contribution is -2.41. The molecule has 0 saturated heterocycles. The number of aliphatic hydroxyl groups is 2. The van der Waals surface area contributed by atoms with Crippen LogP contribution in [0.5, 0.6) is 5.75 Å². The van der Waals surface area contributed by atoms with Crippen molar-refractivity contribution in [3.8, 4) is 5.75 Å². The summed E-state index contributed by atoms with van der Waals surface area (Å²) in [5, 5.41) is 27.0. The van der Waals surface area contributed by atoms with Crippen molar-refractivity contribution in [2.45, 2.75) is 51.4 Å². The second kappa shape index (κ2) is 12.5. The van der Waals surface area contributed by atoms with Gasteiger partial charge in [0.1, 0.15) is 29.7 Å². The first-order valence-corrected chi connectivity index (χ1v) is 13.2. The first kappa shape index (κ1) is 29.3. The normalized spacial score (nSPS) is 17.9. The summed E-state index contributed by atoms with van der Waals surface area (Å²) in [6.45, 7) is 8.10. The predicted octanol–water partition coefficient (Wildman–Crippen LogP) is 1.40. The van der Waals surface area contributed by atoms with Crippen LogP contribution in [0.1, 0.15) is 32.7 Å². The molecule has 1 aromatic carbocycles. The highest BCUT2D eigenvalue weighted by Gasteiger charge is 2.37. The second-order valence-electron chi connectivity index (χ2n) is 8.64. The monoisotopic (exact) mass is 552 g/mol. The van der Waals surface area contributed by atoms with Crippen LogP contribution in [0, 0.1) is 0 Å². The Labute approximate surface area is 220 Å². The van der Waals surface area contributed by atoms with Gasteiger partial charge in [0.2, 0.25) is 0 Å². The largest absolute Gasteiger partial charge is 0.462 e. The smallest absolute Gasteiger partial charge is 0.459 e. The number of guanidine groups is 1. The van der Waals surface area contributed by atoms with E-state index in [1.54, 1.807) is 44.2 Å². The molecule has 0 radical (unpaired) electrons. The minimum Gasteiger partial charge on any atom is -0.462 e. The number of nitrogens with one attached hydrogen (secondary N) is 2. The predicted molar refractivity (Wildman–Crippen MR) is 138 cm³/mol. The molecule has 6 N–H and O–H groups in total. The number of hydrogen-bond donors (Lipinski definition) is 5. The average molecular weight is 553 g/mol. The van der Waals surface area contributed by atoms with Gasteiger partial charge in [-0.05, 0) is 32.9 Å². The summed E-state index contributed by atoms with van der Waals surface area (Å²) in [6.07, 6.45) is -3.55. The third kappa shape index (κ3) is 7.19. The average Bonchev–Trinajstić information content (AvgIpc) is 3.28. The summed E-state index contributed by atoms with van der Waals surface area (Å²) in [6, 6.07) is 7.12. The van der Waals surface area contributed by atoms with E-state index in [1.807, 2.05) is 0 Å². The van der Waals surface area contributed by atoms with Crippen LogP contribution in [0.3, 0.4) is 0 Å². The number of methoxy groups -OCH3 is 1. The molecular formula is C23H33N6O8P. The van der Waals surface area contributed by atoms with E-state index in [1.165, 1.54) is 24.9 Å². The van der Waals surface area contributed by atoms with Gasteiger partial charge in [-0.2, -0.15) is 10.1 Å². The van der Waals surface area contributed by atoms with Crippen molar-refractivity contribution >= 4 is 31.2 Å². The molecule has 1 aliphatic heterocycles. The fourth-order valence-electron chi connectivity index (χ4n) is 3.40. The van der Waals surface area contributed by atoms with Crippen molar-refractivity contribution in [3.05, 3.63) is 48.9 Å². The number of carbonyl (C=O) groups is 1. The number of esters is 1. The van der Waals surface area contributed by atoms with Crippen LogP contribution in [0.15, 0.2) is 48.2 Å². The number of rotatable bonds is 13. The summed E-state index contributed by atoms with van der Waals surface area (Å²) in [4.78, 5) is 20.6. The molecule has 0 bridgehead atoms. The number of para-hydroxylation sites is 1. The van der Waals surface area contributed by atoms with Crippen molar-refractivity contribution in [2.24, 2.45) is 10.7 Å². The number of ether oxygens (including phenoxy) is 2. The summed E-state index contributed by atoms with van der Waals surface area (Å²) in [5.41, 5.74) is 6.45. The van der Waals surface area contributed by atoms with Crippen molar-refractivity contribution in [2.75, 3.05) is 13.7 Å². The zero-order chi connectivity index (χ0) is 28.0. The molecule has 3 unspecified atom stereocenters. The molecule has 2 aromatic rings. The van der Waals surface area contributed by atoms with E-state index < -0.39 is 50.9 Å². The topological polar surface area (TPSA) is 192 Å². The van der Waals surface area contributed by atoms with Crippen molar-refractivity contribution in [1.29, 1.82) is 0 Å². The van der Waals surface area contributed by atoms with Gasteiger partial charge in [-0.25, -0.2) is 9.55 Å². The molecule has 3 rings (SSSR count). The van der Waals surface area contributed by atoms with Crippen molar-refractivity contribution in [3.63, 3.8) is 0 Å². The van der Waals surface area contributed by atoms with E-state index in [0.29, 0.717) is 11.4 Å². The minimum absolute atomic E-state index is 0.0350. The van der Waals surface area contributed by atoms with Gasteiger partial charge in [0.05, 0.1) is 24.7 Å². The van der Waals surface area contributed by atoms with E-state index in [0.717, 1.165) is 0 Å². The summed E-state index contributed by atoms with van der Waals surface area (Å²) < 4.78 is 36.5. The van der Waals surface area contributed by atoms with Crippen molar-refractivity contribution < 1.29 is 38.1 Å². The van der Waals surface area contributed by atoms with E-state index in [9.17, 15) is 19.6 Å². The van der Waals surface area contributed by atoms with Gasteiger partial charge in [0.15, 0.2) is 18.0 Å². The maximum atomic E-state index is 13.7. The number of nitrogens with zero attached hydrogens (tertiary/aromatic N) is 3. The Morgan fingerprint density at radius 1 is 1.26 bits per heavy atom. The number of benzene rings is 1. The lowest BCUT2D eigenvalue weighted by Gasteiger charge is -2.29. The van der Waals surface area contributed by atoms with Gasteiger partial charge < -0.3 is 35.3 Å². The Kier molecular flexibility index (Phi) is 9.66. The van der Waals surface area contributed by atoms with Gasteiger partial charge in [-0.1, -0.05) is 24.8 Å². The lowest BCUT2D eigenvalue weighted by molar-refractivity contribution is -0.149. The van der Waals surface area contributed by atoms with Crippen LogP contribution in [-0.4, -0.2) is 69.8 Å². The molecule has 14 nitrogen and oxygen atoms in total. The van der Waals surface area contributed by atoms with E-state index in [4.69, 9.17) is 24.3 Å². The molecule has 0 amide bonds. The highest BCUT2D eigenvalue weighted by atomic mass is 31.2. The number of hydrogen-bond acceptors (Lipinski definition) is 12. The molecule has 0 aliphatic carbocycles. The minimum atomic E-state index is -4.23. The molecular weight excluding hydrogens is 519 g/mol. The second-order valence-corrected chi connectivity index (χ2v) is 10.3. The molecule has 15 heteroatoms. The number of aliphatic hydroxyl groups excluding tert-OH is 2. The summed E-state index contributed by atoms with van der Waals surface area (Å²) in [5.74, 6) is -0.254. The molecule has 38 heavy (non-hydrogen) atoms. The summed E-state index contributed by atoms with van der Waals surface area (Å²) in [7, 11) is -2.96. The first-order valence-electron chi connectivity index (χ1n) is 11.7. The SMILES string of the molecule is C=C1NC(N)=Nc2c1ncn2C(O)C(O)[C@@H](COP(=O)(N[C@@H](C)C(=O)OC(C)C)Oc1ccccc1)OC. The maximum absolute atomic E-state index is 13.7. The lowest BCUT2D eigenvalue weighted by atomic mass is 10.2. The van der Waals surface area contributed by atoms with Crippen LogP contribution in [0.4, 0.5) is 5.82 Å². The Hall–Kier alpha value is -3.26. The molecule has 0 fully saturated rings. The first-order chi connectivity index (χ1) is 17.9. The van der Waals surface area contributed by atoms with Gasteiger partial charge in [0.25, 0.3) is 0 Å². The number of imidazole rings is 1. The van der Waals surface area contributed by atoms with Crippen LogP contribution >= 0.6 is 7.75 Å². The van der Waals surface area contributed by atoms with Gasteiger partial charge in [0, 0.05) is 7.11 Å². The Balaban J connectivity index is 1.77. The standard InChI is InChI=1S/C23H33N6O8P/c1-13(2)36-22(32)15(4)28-38(33,37-16-9-7-6-8-10-16)35-11-17(34-5)19(30)21(31)29-12-25-18-14(3)26-23(24)27-20(18)29/h6-10,12-13,15,17,19,21,30-31H,3,11H2,1-2,4-5H3,(H,28,33)(H3,24,26,27)/t15-,17+,19?,21?,38?/m0/s1. The van der Waals surface area contributed by atoms with Crippen molar-refractivity contribution in [1.82, 2.24) is 20.0 Å². The Morgan fingerprint density at radius 3 is 2.58 bits per heavy atom. The molecule has 1 aliphatic rings. The molecule has 208 valence electrons. The fourth-order valence-corrected chi connectivity index (χ4v) is 4.90. The zero-order valence-electron chi connectivity index (χ0n) is 21.5. The molecule has 0 saturated carbocycles. The van der Waals surface area contributed by atoms with Crippen LogP contribution in [0.2, 0.25) is 0 Å². The highest BCUT2D eigenvalue weighted by molar-refractivity contribution is 7.52. The van der Waals surface area contributed by atoms with Gasteiger partial charge in [-0.3, -0.25) is 13.9 Å². The van der Waals surface area contributed by atoms with E-state index in [2.05, 4.69) is 27.0 Å². The number of fused-ring (bicyclic) bond motifs is 1. The van der Waals surface area contributed by atoms with Crippen LogP contribution in [-0.2, 0) is 23.4 Å². The van der Waals surface area contributed by atoms with Gasteiger partial charge >= 0.3 is 13.7 Å². The maximum Gasteiger partial charge on any atom is 0.459 e. The number of carbonyl (C=O) groups excluding carboxylic acids is 1. The van der Waals surface area contributed by atoms with E-state index >= 15 is 0 Å². The molecule has 2 heterocycles. The quantitative estimate of drug-likeness (QED) is 0.178. The van der Waals surface area contributed by atoms with E-state index in [-0.39, 0.29) is 17.5 Å². The number of aromatic nitrogens is 2. The highest BCUT2D eigenvalue weighted by Crippen LogP contribution is 2.45. The molecule has 1 aromatic heterocycles. The third-order valence-electron chi connectivity index (χ3n) is 5.27. The Morgan fingerprint density at radius 2 is 1.95 bits per heavy atom. The number of aliphatic imine (C=N–C) groups is 1. The number of nitrogens with two attached hydrogens (primary N) is 1. The third-order valence-corrected chi connectivity index (χ3v) is 6.91. The zero-order valence-corrected chi connectivity index (χ0v) is 22.4.